The smallest absolute Gasteiger partial charge is 0.253 e. The number of carbonyl (C=O) groups excluding carboxylic acids is 1. The maximum Gasteiger partial charge on any atom is 0.253 e. The highest BCUT2D eigenvalue weighted by Crippen LogP contribution is 2.35. The number of rotatable bonds is 5. The van der Waals surface area contributed by atoms with Gasteiger partial charge in [-0.2, -0.15) is 0 Å². The van der Waals surface area contributed by atoms with Crippen LogP contribution >= 0.6 is 0 Å². The number of aromatic nitrogens is 2. The molecule has 0 saturated carbocycles. The van der Waals surface area contributed by atoms with E-state index in [2.05, 4.69) is 21.8 Å². The first-order valence-corrected chi connectivity index (χ1v) is 13.5. The van der Waals surface area contributed by atoms with Gasteiger partial charge in [-0.15, -0.1) is 0 Å². The Morgan fingerprint density at radius 3 is 2.47 bits per heavy atom. The van der Waals surface area contributed by atoms with E-state index >= 15 is 0 Å². The van der Waals surface area contributed by atoms with Crippen molar-refractivity contribution in [3.63, 3.8) is 0 Å². The van der Waals surface area contributed by atoms with Crippen LogP contribution < -0.4 is 4.90 Å². The van der Waals surface area contributed by atoms with Gasteiger partial charge in [0, 0.05) is 37.6 Å². The van der Waals surface area contributed by atoms with Crippen LogP contribution in [0.3, 0.4) is 0 Å². The molecule has 2 aliphatic rings. The summed E-state index contributed by atoms with van der Waals surface area (Å²) in [6.45, 7) is 9.84. The summed E-state index contributed by atoms with van der Waals surface area (Å²) in [6.07, 6.45) is 5.98. The van der Waals surface area contributed by atoms with Gasteiger partial charge in [0.1, 0.15) is 0 Å². The highest BCUT2D eigenvalue weighted by atomic mass is 32.2. The number of morpholine rings is 1. The van der Waals surface area contributed by atoms with Crippen LogP contribution in [0.4, 0.5) is 5.95 Å². The number of likely N-dealkylation sites (tertiary alicyclic amines) is 1. The fourth-order valence-electron chi connectivity index (χ4n) is 4.84. The molecule has 1 aromatic heterocycles. The number of piperidine rings is 1. The van der Waals surface area contributed by atoms with E-state index in [1.165, 1.54) is 0 Å². The first-order chi connectivity index (χ1) is 16.1. The second-order valence-electron chi connectivity index (χ2n) is 9.63. The zero-order valence-electron chi connectivity index (χ0n) is 20.4. The first kappa shape index (κ1) is 24.6. The molecule has 2 aromatic rings. The van der Waals surface area contributed by atoms with E-state index in [9.17, 15) is 13.2 Å². The van der Waals surface area contributed by atoms with Crippen molar-refractivity contribution >= 4 is 21.7 Å². The van der Waals surface area contributed by atoms with Crippen molar-refractivity contribution in [2.45, 2.75) is 68.8 Å². The van der Waals surface area contributed by atoms with Gasteiger partial charge in [-0.1, -0.05) is 6.92 Å². The van der Waals surface area contributed by atoms with E-state index in [0.717, 1.165) is 25.8 Å². The van der Waals surface area contributed by atoms with E-state index in [1.807, 2.05) is 11.0 Å². The molecule has 1 atom stereocenters. The first-order valence-electron chi connectivity index (χ1n) is 12.0. The van der Waals surface area contributed by atoms with Crippen LogP contribution in [0.15, 0.2) is 41.6 Å². The Morgan fingerprint density at radius 1 is 1.21 bits per heavy atom. The molecule has 1 amide bonds. The lowest BCUT2D eigenvalue weighted by atomic mass is 9.88. The Balaban J connectivity index is 1.47. The third-order valence-corrected chi connectivity index (χ3v) is 9.23. The number of hydrogen-bond acceptors (Lipinski definition) is 7. The number of ether oxygens (including phenoxy) is 1. The molecule has 1 spiro atoms. The SMILES string of the molecule is CCC1CN(c2ncccn2)CC2(CCN(C(=O)c3ccc(S(=O)(=O)C(C)C)c(C)c3)CC2)O1. The minimum Gasteiger partial charge on any atom is -0.368 e. The van der Waals surface area contributed by atoms with Crippen LogP contribution in [-0.4, -0.2) is 72.3 Å². The summed E-state index contributed by atoms with van der Waals surface area (Å²) in [5.74, 6) is 0.645. The summed E-state index contributed by atoms with van der Waals surface area (Å²) in [4.78, 5) is 26.4. The van der Waals surface area contributed by atoms with E-state index in [1.54, 1.807) is 51.4 Å². The van der Waals surface area contributed by atoms with Gasteiger partial charge in [-0.25, -0.2) is 18.4 Å². The average molecular weight is 487 g/mol. The van der Waals surface area contributed by atoms with Crippen molar-refractivity contribution < 1.29 is 17.9 Å². The minimum absolute atomic E-state index is 0.0717. The molecule has 9 heteroatoms. The van der Waals surface area contributed by atoms with Gasteiger partial charge < -0.3 is 14.5 Å². The van der Waals surface area contributed by atoms with Crippen LogP contribution in [-0.2, 0) is 14.6 Å². The maximum absolute atomic E-state index is 13.2. The molecule has 1 aromatic carbocycles. The molecular weight excluding hydrogens is 452 g/mol. The second-order valence-corrected chi connectivity index (χ2v) is 12.1. The molecule has 4 rings (SSSR count). The third-order valence-electron chi connectivity index (χ3n) is 6.92. The molecule has 34 heavy (non-hydrogen) atoms. The number of carbonyl (C=O) groups is 1. The van der Waals surface area contributed by atoms with Gasteiger partial charge in [0.15, 0.2) is 9.84 Å². The van der Waals surface area contributed by atoms with Crippen LogP contribution in [0.1, 0.15) is 56.0 Å². The van der Waals surface area contributed by atoms with Crippen molar-refractivity contribution in [1.82, 2.24) is 14.9 Å². The minimum atomic E-state index is -3.39. The Labute approximate surface area is 202 Å². The number of sulfone groups is 1. The summed E-state index contributed by atoms with van der Waals surface area (Å²) in [6, 6.07) is 6.71. The van der Waals surface area contributed by atoms with E-state index in [4.69, 9.17) is 4.74 Å². The van der Waals surface area contributed by atoms with Crippen LogP contribution in [0.5, 0.6) is 0 Å². The van der Waals surface area contributed by atoms with Crippen molar-refractivity contribution in [2.24, 2.45) is 0 Å². The maximum atomic E-state index is 13.2. The summed E-state index contributed by atoms with van der Waals surface area (Å²) < 4.78 is 31.7. The van der Waals surface area contributed by atoms with Gasteiger partial charge in [0.25, 0.3) is 5.91 Å². The predicted molar refractivity (Wildman–Crippen MR) is 131 cm³/mol. The van der Waals surface area contributed by atoms with Gasteiger partial charge in [0.05, 0.1) is 28.4 Å². The number of hydrogen-bond donors (Lipinski definition) is 0. The molecule has 0 N–H and O–H groups in total. The lowest BCUT2D eigenvalue weighted by Crippen LogP contribution is -2.60. The van der Waals surface area contributed by atoms with Crippen molar-refractivity contribution in [2.75, 3.05) is 31.1 Å². The number of benzene rings is 1. The number of aryl methyl sites for hydroxylation is 1. The van der Waals surface area contributed by atoms with Crippen molar-refractivity contribution in [3.05, 3.63) is 47.8 Å². The zero-order chi connectivity index (χ0) is 24.5. The van der Waals surface area contributed by atoms with Gasteiger partial charge in [-0.3, -0.25) is 4.79 Å². The van der Waals surface area contributed by atoms with Crippen LogP contribution in [0.25, 0.3) is 0 Å². The average Bonchev–Trinajstić information content (AvgIpc) is 2.84. The zero-order valence-corrected chi connectivity index (χ0v) is 21.2. The largest absolute Gasteiger partial charge is 0.368 e. The normalized spacial score (nSPS) is 20.7. The Hall–Kier alpha value is -2.52. The quantitative estimate of drug-likeness (QED) is 0.640. The number of anilines is 1. The number of amides is 1. The lowest BCUT2D eigenvalue weighted by molar-refractivity contribution is -0.130. The molecule has 184 valence electrons. The highest BCUT2D eigenvalue weighted by Gasteiger charge is 2.44. The summed E-state index contributed by atoms with van der Waals surface area (Å²) in [5.41, 5.74) is 0.791. The van der Waals surface area contributed by atoms with E-state index in [-0.39, 0.29) is 17.6 Å². The lowest BCUT2D eigenvalue weighted by Gasteiger charge is -2.50. The highest BCUT2D eigenvalue weighted by molar-refractivity contribution is 7.92. The van der Waals surface area contributed by atoms with Gasteiger partial charge in [0.2, 0.25) is 5.95 Å². The Kier molecular flexibility index (Phi) is 6.96. The Morgan fingerprint density at radius 2 is 1.88 bits per heavy atom. The van der Waals surface area contributed by atoms with Crippen LogP contribution in [0, 0.1) is 6.92 Å². The van der Waals surface area contributed by atoms with Crippen molar-refractivity contribution in [1.29, 1.82) is 0 Å². The summed E-state index contributed by atoms with van der Waals surface area (Å²) in [7, 11) is -3.39. The van der Waals surface area contributed by atoms with Gasteiger partial charge in [-0.05, 0) is 69.9 Å². The second kappa shape index (κ2) is 9.62. The van der Waals surface area contributed by atoms with Crippen molar-refractivity contribution in [3.8, 4) is 0 Å². The molecule has 3 heterocycles. The molecule has 1 unspecified atom stereocenters. The monoisotopic (exact) mass is 486 g/mol. The fourth-order valence-corrected chi connectivity index (χ4v) is 6.11. The van der Waals surface area contributed by atoms with E-state index < -0.39 is 15.1 Å². The fraction of sp³-hybridized carbons (Fsp3) is 0.560. The summed E-state index contributed by atoms with van der Waals surface area (Å²) in [5, 5.41) is -0.505. The molecule has 2 fully saturated rings. The molecular formula is C25H34N4O4S. The topological polar surface area (TPSA) is 92.7 Å². The standard InChI is InChI=1S/C25H34N4O4S/c1-5-21-16-29(24-26-11-6-12-27-24)17-25(33-21)9-13-28(14-10-25)23(30)20-7-8-22(19(4)15-20)34(31,32)18(2)3/h6-8,11-12,15,18,21H,5,9-10,13-14,16-17H2,1-4H3. The molecule has 0 radical (unpaired) electrons. The predicted octanol–water partition coefficient (Wildman–Crippen LogP) is 3.26. The molecule has 8 nitrogen and oxygen atoms in total. The third kappa shape index (κ3) is 4.81. The van der Waals surface area contributed by atoms with E-state index in [0.29, 0.717) is 41.6 Å². The summed E-state index contributed by atoms with van der Waals surface area (Å²) >= 11 is 0. The van der Waals surface area contributed by atoms with Gasteiger partial charge >= 0.3 is 0 Å². The molecule has 2 saturated heterocycles. The van der Waals surface area contributed by atoms with Crippen LogP contribution in [0.2, 0.25) is 0 Å². The molecule has 2 aliphatic heterocycles. The molecule has 0 bridgehead atoms. The number of nitrogens with zero attached hydrogens (tertiary/aromatic N) is 4. The Bertz CT molecular complexity index is 1130. The molecule has 0 aliphatic carbocycles.